The molecule has 5 N–H and O–H groups in total. The minimum Gasteiger partial charge on any atom is -0.390 e. The highest BCUT2D eigenvalue weighted by molar-refractivity contribution is 4.89. The average Bonchev–Trinajstić information content (AvgIpc) is 2.83. The van der Waals surface area contributed by atoms with Crippen LogP contribution in [0.1, 0.15) is 53.4 Å². The predicted octanol–water partition coefficient (Wildman–Crippen LogP) is -0.867. The van der Waals surface area contributed by atoms with Crippen LogP contribution in [0.3, 0.4) is 0 Å². The Morgan fingerprint density at radius 1 is 0.526 bits per heavy atom. The zero-order valence-corrected chi connectivity index (χ0v) is 22.6. The van der Waals surface area contributed by atoms with Gasteiger partial charge in [0.15, 0.2) is 25.2 Å². The van der Waals surface area contributed by atoms with E-state index < -0.39 is 98.4 Å². The van der Waals surface area contributed by atoms with Gasteiger partial charge in [-0.1, -0.05) is 0 Å². The zero-order chi connectivity index (χ0) is 27.7. The first kappa shape index (κ1) is 30.4. The molecule has 13 nitrogen and oxygen atoms in total. The Morgan fingerprint density at radius 3 is 1.55 bits per heavy atom. The Bertz CT molecular complexity index is 732. The Kier molecular flexibility index (Phi) is 10.4. The van der Waals surface area contributed by atoms with Crippen molar-refractivity contribution in [1.29, 1.82) is 0 Å². The van der Waals surface area contributed by atoms with Crippen LogP contribution in [0.5, 0.6) is 0 Å². The fraction of sp³-hybridized carbons (Fsp3) is 1.00. The molecule has 4 fully saturated rings. The standard InChI is InChI=1S/C25H44O13/c1-10-22(28)14(26)6-19(33-10)38-17-9-21(35-13(4)25(17)31-5)37-16-8-20(34-12(3)24(16)30)36-15-7-18(27)32-11(2)23(15)29/h10-30H,6-9H2,1-5H3/t10-,11-,12-,13-,14-,15-,16-,17-,18-,19+,20+,21+,22-,23-,24+,25-/m1/s1. The largest absolute Gasteiger partial charge is 0.390 e. The summed E-state index contributed by atoms with van der Waals surface area (Å²) in [6.07, 6.45) is -11.2. The normalized spacial score (nSPS) is 52.6. The van der Waals surface area contributed by atoms with Gasteiger partial charge in [0.25, 0.3) is 0 Å². The Labute approximate surface area is 222 Å². The average molecular weight is 553 g/mol. The van der Waals surface area contributed by atoms with Gasteiger partial charge in [0, 0.05) is 32.8 Å². The highest BCUT2D eigenvalue weighted by Gasteiger charge is 2.46. The molecular weight excluding hydrogens is 508 g/mol. The summed E-state index contributed by atoms with van der Waals surface area (Å²) in [6.45, 7) is 6.85. The second-order valence-corrected chi connectivity index (χ2v) is 10.8. The van der Waals surface area contributed by atoms with Gasteiger partial charge in [-0.15, -0.1) is 0 Å². The highest BCUT2D eigenvalue weighted by Crippen LogP contribution is 2.33. The molecule has 38 heavy (non-hydrogen) atoms. The number of methoxy groups -OCH3 is 1. The molecule has 0 aromatic heterocycles. The van der Waals surface area contributed by atoms with Crippen LogP contribution in [0.25, 0.3) is 0 Å². The van der Waals surface area contributed by atoms with E-state index in [1.54, 1.807) is 27.9 Å². The summed E-state index contributed by atoms with van der Waals surface area (Å²) in [6, 6.07) is 0. The summed E-state index contributed by atoms with van der Waals surface area (Å²) in [5.41, 5.74) is 0. The first-order valence-electron chi connectivity index (χ1n) is 13.5. The van der Waals surface area contributed by atoms with Crippen molar-refractivity contribution in [3.8, 4) is 0 Å². The lowest BCUT2D eigenvalue weighted by atomic mass is 9.99. The van der Waals surface area contributed by atoms with Gasteiger partial charge in [0.05, 0.1) is 48.8 Å². The SMILES string of the molecule is CO[C@@H]1[C@@H](C)O[C@@H](O[C@@H]2C[C@H](O[C@@H]3C[C@H](O)O[C@H](C)[C@H]3O)O[C@H](C)[C@@H]2O)C[C@H]1O[C@H]1C[C@@H](O)[C@H](O)[C@@H](C)O1. The van der Waals surface area contributed by atoms with Gasteiger partial charge in [0.2, 0.25) is 0 Å². The maximum Gasteiger partial charge on any atom is 0.161 e. The second-order valence-electron chi connectivity index (χ2n) is 10.8. The van der Waals surface area contributed by atoms with Gasteiger partial charge < -0.3 is 63.4 Å². The molecule has 16 atom stereocenters. The Hall–Kier alpha value is -0.520. The molecule has 4 heterocycles. The molecule has 0 amide bonds. The monoisotopic (exact) mass is 552 g/mol. The summed E-state index contributed by atoms with van der Waals surface area (Å²) in [5.74, 6) is 0. The molecule has 4 aliphatic heterocycles. The third-order valence-corrected chi connectivity index (χ3v) is 7.87. The van der Waals surface area contributed by atoms with Gasteiger partial charge in [-0.3, -0.25) is 0 Å². The van der Waals surface area contributed by atoms with Crippen LogP contribution in [0.2, 0.25) is 0 Å². The molecule has 0 aromatic rings. The molecule has 0 unspecified atom stereocenters. The molecule has 4 saturated heterocycles. The van der Waals surface area contributed by atoms with Gasteiger partial charge in [0.1, 0.15) is 24.4 Å². The van der Waals surface area contributed by atoms with Crippen LogP contribution in [-0.2, 0) is 37.9 Å². The first-order valence-corrected chi connectivity index (χ1v) is 13.5. The smallest absolute Gasteiger partial charge is 0.161 e. The van der Waals surface area contributed by atoms with Crippen LogP contribution < -0.4 is 0 Å². The maximum absolute atomic E-state index is 10.8. The predicted molar refractivity (Wildman–Crippen MR) is 127 cm³/mol. The summed E-state index contributed by atoms with van der Waals surface area (Å²) < 4.78 is 46.8. The molecule has 0 radical (unpaired) electrons. The Morgan fingerprint density at radius 2 is 0.974 bits per heavy atom. The molecule has 4 aliphatic rings. The van der Waals surface area contributed by atoms with Crippen molar-refractivity contribution in [3.63, 3.8) is 0 Å². The van der Waals surface area contributed by atoms with Crippen molar-refractivity contribution in [3.05, 3.63) is 0 Å². The van der Waals surface area contributed by atoms with Crippen molar-refractivity contribution in [1.82, 2.24) is 0 Å². The van der Waals surface area contributed by atoms with E-state index in [1.807, 2.05) is 6.92 Å². The molecular formula is C25H44O13. The lowest BCUT2D eigenvalue weighted by molar-refractivity contribution is -0.337. The summed E-state index contributed by atoms with van der Waals surface area (Å²) in [4.78, 5) is 0. The van der Waals surface area contributed by atoms with Crippen LogP contribution in [0, 0.1) is 0 Å². The van der Waals surface area contributed by atoms with Crippen LogP contribution >= 0.6 is 0 Å². The lowest BCUT2D eigenvalue weighted by Crippen LogP contribution is -2.56. The summed E-state index contributed by atoms with van der Waals surface area (Å²) >= 11 is 0. The number of hydrogen-bond acceptors (Lipinski definition) is 13. The minimum absolute atomic E-state index is 0.0854. The van der Waals surface area contributed by atoms with E-state index in [1.165, 1.54) is 0 Å². The van der Waals surface area contributed by atoms with Gasteiger partial charge in [-0.05, 0) is 27.7 Å². The van der Waals surface area contributed by atoms with Gasteiger partial charge in [-0.25, -0.2) is 0 Å². The second kappa shape index (κ2) is 13.0. The van der Waals surface area contributed by atoms with Crippen molar-refractivity contribution < 1.29 is 63.4 Å². The van der Waals surface area contributed by atoms with Gasteiger partial charge in [-0.2, -0.15) is 0 Å². The van der Waals surface area contributed by atoms with E-state index in [4.69, 9.17) is 37.9 Å². The quantitative estimate of drug-likeness (QED) is 0.264. The lowest BCUT2D eigenvalue weighted by Gasteiger charge is -2.45. The molecule has 222 valence electrons. The third-order valence-electron chi connectivity index (χ3n) is 7.87. The van der Waals surface area contributed by atoms with Crippen molar-refractivity contribution in [2.24, 2.45) is 0 Å². The summed E-state index contributed by atoms with van der Waals surface area (Å²) in [7, 11) is 1.55. The molecule has 0 spiro atoms. The third kappa shape index (κ3) is 7.03. The molecule has 0 aliphatic carbocycles. The first-order chi connectivity index (χ1) is 18.0. The highest BCUT2D eigenvalue weighted by atomic mass is 16.7. The topological polar surface area (TPSA) is 175 Å². The van der Waals surface area contributed by atoms with E-state index in [0.717, 1.165) is 0 Å². The van der Waals surface area contributed by atoms with E-state index in [-0.39, 0.29) is 25.7 Å². The number of rotatable bonds is 7. The molecule has 0 aromatic carbocycles. The molecule has 4 rings (SSSR count). The van der Waals surface area contributed by atoms with E-state index in [9.17, 15) is 25.5 Å². The van der Waals surface area contributed by atoms with Crippen molar-refractivity contribution in [2.75, 3.05) is 7.11 Å². The fourth-order valence-electron chi connectivity index (χ4n) is 5.65. The number of aliphatic hydroxyl groups is 5. The number of ether oxygens (including phenoxy) is 8. The molecule has 13 heteroatoms. The van der Waals surface area contributed by atoms with Gasteiger partial charge >= 0.3 is 0 Å². The minimum atomic E-state index is -1.06. The fourth-order valence-corrected chi connectivity index (χ4v) is 5.65. The van der Waals surface area contributed by atoms with E-state index in [0.29, 0.717) is 0 Å². The number of hydrogen-bond donors (Lipinski definition) is 5. The van der Waals surface area contributed by atoms with Crippen LogP contribution in [0.15, 0.2) is 0 Å². The van der Waals surface area contributed by atoms with Crippen molar-refractivity contribution in [2.45, 2.75) is 152 Å². The van der Waals surface area contributed by atoms with Crippen molar-refractivity contribution >= 4 is 0 Å². The number of aliphatic hydroxyl groups excluding tert-OH is 5. The Balaban J connectivity index is 1.38. The maximum atomic E-state index is 10.8. The van der Waals surface area contributed by atoms with Crippen LogP contribution in [0.4, 0.5) is 0 Å². The molecule has 0 bridgehead atoms. The summed E-state index contributed by atoms with van der Waals surface area (Å²) in [5, 5.41) is 51.3. The van der Waals surface area contributed by atoms with E-state index >= 15 is 0 Å². The zero-order valence-electron chi connectivity index (χ0n) is 22.6. The molecule has 0 saturated carbocycles. The van der Waals surface area contributed by atoms with E-state index in [2.05, 4.69) is 0 Å². The van der Waals surface area contributed by atoms with Crippen LogP contribution in [-0.4, -0.2) is 131 Å².